The maximum absolute atomic E-state index is 12.3. The van der Waals surface area contributed by atoms with Crippen LogP contribution in [0.15, 0.2) is 18.2 Å². The zero-order chi connectivity index (χ0) is 17.3. The molecule has 8 heteroatoms. The van der Waals surface area contributed by atoms with E-state index in [1.807, 2.05) is 0 Å². The summed E-state index contributed by atoms with van der Waals surface area (Å²) < 4.78 is 5.40. The van der Waals surface area contributed by atoms with Crippen LogP contribution >= 0.6 is 0 Å². The average molecular weight is 332 g/mol. The fraction of sp³-hybridized carbons (Fsp3) is 0.438. The van der Waals surface area contributed by atoms with Gasteiger partial charge >= 0.3 is 0 Å². The van der Waals surface area contributed by atoms with Gasteiger partial charge in [-0.05, 0) is 12.1 Å². The van der Waals surface area contributed by atoms with Crippen LogP contribution in [-0.4, -0.2) is 74.4 Å². The molecule has 24 heavy (non-hydrogen) atoms. The summed E-state index contributed by atoms with van der Waals surface area (Å²) in [6.45, 7) is 1.62. The lowest BCUT2D eigenvalue weighted by Crippen LogP contribution is -2.50. The molecule has 1 aromatic rings. The number of nitrogens with one attached hydrogen (secondary N) is 1. The van der Waals surface area contributed by atoms with Crippen LogP contribution < -0.4 is 15.0 Å². The van der Waals surface area contributed by atoms with E-state index in [1.54, 1.807) is 42.1 Å². The molecule has 2 aliphatic heterocycles. The smallest absolute Gasteiger partial charge is 0.264 e. The minimum atomic E-state index is -0.229. The molecule has 0 unspecified atom stereocenters. The molecule has 2 heterocycles. The van der Waals surface area contributed by atoms with Crippen LogP contribution in [-0.2, 0) is 14.4 Å². The average Bonchev–Trinajstić information content (AvgIpc) is 2.54. The van der Waals surface area contributed by atoms with E-state index in [0.717, 1.165) is 0 Å². The first-order chi connectivity index (χ1) is 11.5. The highest BCUT2D eigenvalue weighted by molar-refractivity contribution is 6.04. The number of likely N-dealkylation sites (N-methyl/N-ethyl adjacent to an activating group) is 2. The number of carbonyl (C=O) groups is 3. The first-order valence-electron chi connectivity index (χ1n) is 7.74. The van der Waals surface area contributed by atoms with Gasteiger partial charge in [0.05, 0.1) is 18.8 Å². The second kappa shape index (κ2) is 6.48. The van der Waals surface area contributed by atoms with Gasteiger partial charge in [-0.1, -0.05) is 6.07 Å². The summed E-state index contributed by atoms with van der Waals surface area (Å²) in [6, 6.07) is 5.24. The quantitative estimate of drug-likeness (QED) is 0.826. The van der Waals surface area contributed by atoms with Gasteiger partial charge in [-0.15, -0.1) is 0 Å². The van der Waals surface area contributed by atoms with E-state index in [9.17, 15) is 14.4 Å². The van der Waals surface area contributed by atoms with Gasteiger partial charge in [0.15, 0.2) is 6.61 Å². The third kappa shape index (κ3) is 3.18. The summed E-state index contributed by atoms with van der Waals surface area (Å²) in [5.41, 5.74) is 1.07. The van der Waals surface area contributed by atoms with Gasteiger partial charge < -0.3 is 19.9 Å². The van der Waals surface area contributed by atoms with Crippen LogP contribution in [0.2, 0.25) is 0 Å². The number of nitrogens with zero attached hydrogens (tertiary/aromatic N) is 3. The number of hydrogen-bond acceptors (Lipinski definition) is 5. The first-order valence-corrected chi connectivity index (χ1v) is 7.74. The molecule has 0 aromatic heterocycles. The number of para-hydroxylation sites is 1. The number of fused-ring (bicyclic) bond motifs is 1. The number of hydrogen-bond donors (Lipinski definition) is 1. The van der Waals surface area contributed by atoms with Crippen LogP contribution in [0, 0.1) is 0 Å². The normalized spacial score (nSPS) is 18.2. The maximum Gasteiger partial charge on any atom is 0.264 e. The van der Waals surface area contributed by atoms with Crippen molar-refractivity contribution in [3.05, 3.63) is 18.2 Å². The highest BCUT2D eigenvalue weighted by Gasteiger charge is 2.27. The van der Waals surface area contributed by atoms with E-state index in [-0.39, 0.29) is 37.4 Å². The lowest BCUT2D eigenvalue weighted by molar-refractivity contribution is -0.135. The third-order valence-corrected chi connectivity index (χ3v) is 4.24. The summed E-state index contributed by atoms with van der Waals surface area (Å²) >= 11 is 0. The molecule has 2 aliphatic rings. The molecule has 0 saturated carbocycles. The van der Waals surface area contributed by atoms with E-state index < -0.39 is 0 Å². The van der Waals surface area contributed by atoms with Crippen molar-refractivity contribution in [1.29, 1.82) is 0 Å². The molecule has 1 saturated heterocycles. The summed E-state index contributed by atoms with van der Waals surface area (Å²) in [6.07, 6.45) is 0. The standard InChI is InChI=1S/C16H20N4O4/c1-18-6-7-20(9-14(18)22)8-13(21)17-11-4-3-5-12-16(11)19(2)15(23)10-24-12/h3-5H,6-10H2,1-2H3,(H,17,21). The van der Waals surface area contributed by atoms with Gasteiger partial charge in [0, 0.05) is 27.2 Å². The van der Waals surface area contributed by atoms with Gasteiger partial charge in [-0.3, -0.25) is 19.3 Å². The zero-order valence-electron chi connectivity index (χ0n) is 13.7. The zero-order valence-corrected chi connectivity index (χ0v) is 13.7. The van der Waals surface area contributed by atoms with Gasteiger partial charge in [-0.2, -0.15) is 0 Å². The summed E-state index contributed by atoms with van der Waals surface area (Å²) in [4.78, 5) is 40.8. The molecule has 0 atom stereocenters. The molecule has 1 fully saturated rings. The predicted octanol–water partition coefficient (Wildman–Crippen LogP) is -0.246. The molecule has 0 spiro atoms. The Morgan fingerprint density at radius 2 is 2.00 bits per heavy atom. The Balaban J connectivity index is 1.69. The fourth-order valence-electron chi connectivity index (χ4n) is 2.78. The molecule has 0 radical (unpaired) electrons. The lowest BCUT2D eigenvalue weighted by Gasteiger charge is -2.31. The number of rotatable bonds is 3. The Kier molecular flexibility index (Phi) is 4.39. The highest BCUT2D eigenvalue weighted by Crippen LogP contribution is 2.37. The molecule has 3 rings (SSSR count). The van der Waals surface area contributed by atoms with Gasteiger partial charge in [0.2, 0.25) is 11.8 Å². The van der Waals surface area contributed by atoms with Crippen molar-refractivity contribution < 1.29 is 19.1 Å². The summed E-state index contributed by atoms with van der Waals surface area (Å²) in [7, 11) is 3.40. The Bertz CT molecular complexity index is 691. The molecule has 1 aromatic carbocycles. The van der Waals surface area contributed by atoms with Crippen LogP contribution in [0.4, 0.5) is 11.4 Å². The lowest BCUT2D eigenvalue weighted by atomic mass is 10.2. The molecule has 8 nitrogen and oxygen atoms in total. The van der Waals surface area contributed by atoms with Crippen molar-refractivity contribution >= 4 is 29.1 Å². The minimum absolute atomic E-state index is 0.00451. The molecule has 0 bridgehead atoms. The highest BCUT2D eigenvalue weighted by atomic mass is 16.5. The molecular formula is C16H20N4O4. The fourth-order valence-corrected chi connectivity index (χ4v) is 2.78. The molecular weight excluding hydrogens is 312 g/mol. The van der Waals surface area contributed by atoms with Gasteiger partial charge in [0.1, 0.15) is 11.4 Å². The Morgan fingerprint density at radius 1 is 1.21 bits per heavy atom. The third-order valence-electron chi connectivity index (χ3n) is 4.24. The SMILES string of the molecule is CN1CCN(CC(=O)Nc2cccc3c2N(C)C(=O)CO3)CC1=O. The molecule has 3 amide bonds. The first kappa shape index (κ1) is 16.3. The van der Waals surface area contributed by atoms with E-state index >= 15 is 0 Å². The van der Waals surface area contributed by atoms with Crippen molar-refractivity contribution in [2.45, 2.75) is 0 Å². The summed E-state index contributed by atoms with van der Waals surface area (Å²) in [5, 5.41) is 2.81. The number of ether oxygens (including phenoxy) is 1. The number of carbonyl (C=O) groups excluding carboxylic acids is 3. The van der Waals surface area contributed by atoms with E-state index in [2.05, 4.69) is 5.32 Å². The number of amides is 3. The van der Waals surface area contributed by atoms with E-state index in [4.69, 9.17) is 4.74 Å². The minimum Gasteiger partial charge on any atom is -0.481 e. The summed E-state index contributed by atoms with van der Waals surface area (Å²) in [5.74, 6) is 0.163. The van der Waals surface area contributed by atoms with Crippen LogP contribution in [0.5, 0.6) is 5.75 Å². The second-order valence-electron chi connectivity index (χ2n) is 5.97. The van der Waals surface area contributed by atoms with Crippen LogP contribution in [0.25, 0.3) is 0 Å². The predicted molar refractivity (Wildman–Crippen MR) is 88.1 cm³/mol. The van der Waals surface area contributed by atoms with Crippen molar-refractivity contribution in [2.24, 2.45) is 0 Å². The van der Waals surface area contributed by atoms with Crippen molar-refractivity contribution in [3.63, 3.8) is 0 Å². The van der Waals surface area contributed by atoms with Crippen molar-refractivity contribution in [3.8, 4) is 5.75 Å². The Morgan fingerprint density at radius 3 is 2.75 bits per heavy atom. The van der Waals surface area contributed by atoms with Crippen LogP contribution in [0.1, 0.15) is 0 Å². The van der Waals surface area contributed by atoms with Crippen molar-refractivity contribution in [1.82, 2.24) is 9.80 Å². The molecule has 0 aliphatic carbocycles. The Labute approximate surface area is 139 Å². The number of anilines is 2. The largest absolute Gasteiger partial charge is 0.481 e. The van der Waals surface area contributed by atoms with Crippen molar-refractivity contribution in [2.75, 3.05) is 57.1 Å². The number of piperazine rings is 1. The number of benzene rings is 1. The maximum atomic E-state index is 12.3. The molecule has 1 N–H and O–H groups in total. The molecule has 128 valence electrons. The second-order valence-corrected chi connectivity index (χ2v) is 5.97. The van der Waals surface area contributed by atoms with Gasteiger partial charge in [0.25, 0.3) is 5.91 Å². The monoisotopic (exact) mass is 332 g/mol. The van der Waals surface area contributed by atoms with Gasteiger partial charge in [-0.25, -0.2) is 0 Å². The Hall–Kier alpha value is -2.61. The van der Waals surface area contributed by atoms with E-state index in [1.165, 1.54) is 4.90 Å². The topological polar surface area (TPSA) is 82.2 Å². The van der Waals surface area contributed by atoms with Crippen LogP contribution in [0.3, 0.4) is 0 Å². The van der Waals surface area contributed by atoms with E-state index in [0.29, 0.717) is 30.2 Å².